The number of likely N-dealkylation sites (tertiary alicyclic amines) is 1. The van der Waals surface area contributed by atoms with Gasteiger partial charge in [0.05, 0.1) is 43.7 Å². The number of esters is 1. The number of hydrogen-bond donors (Lipinski definition) is 3. The zero-order chi connectivity index (χ0) is 39.5. The Labute approximate surface area is 314 Å². The monoisotopic (exact) mass is 747 g/mol. The van der Waals surface area contributed by atoms with E-state index < -0.39 is 71.7 Å². The largest absolute Gasteiger partial charge is 0.467 e. The van der Waals surface area contributed by atoms with E-state index in [9.17, 15) is 24.0 Å². The highest BCUT2D eigenvalue weighted by molar-refractivity contribution is 5.92. The van der Waals surface area contributed by atoms with Crippen LogP contribution in [0.15, 0.2) is 30.3 Å². The number of rotatable bonds is 19. The third-order valence-electron chi connectivity index (χ3n) is 11.1. The van der Waals surface area contributed by atoms with Crippen LogP contribution in [0.3, 0.4) is 0 Å². The maximum atomic E-state index is 15.3. The van der Waals surface area contributed by atoms with Crippen molar-refractivity contribution < 1.29 is 42.6 Å². The Morgan fingerprint density at radius 3 is 2.26 bits per heavy atom. The van der Waals surface area contributed by atoms with Crippen LogP contribution >= 0.6 is 0 Å². The second-order valence-corrected chi connectivity index (χ2v) is 15.0. The molecule has 4 amide bonds. The van der Waals surface area contributed by atoms with Crippen molar-refractivity contribution in [2.75, 3.05) is 48.0 Å². The number of halogens is 1. The van der Waals surface area contributed by atoms with Gasteiger partial charge in [-0.3, -0.25) is 19.2 Å². The van der Waals surface area contributed by atoms with Crippen molar-refractivity contribution >= 4 is 29.6 Å². The molecule has 1 aromatic carbocycles. The molecule has 14 heteroatoms. The van der Waals surface area contributed by atoms with Crippen LogP contribution in [0.2, 0.25) is 0 Å². The predicted octanol–water partition coefficient (Wildman–Crippen LogP) is 2.65. The maximum absolute atomic E-state index is 15.3. The predicted molar refractivity (Wildman–Crippen MR) is 198 cm³/mol. The zero-order valence-corrected chi connectivity index (χ0v) is 33.0. The van der Waals surface area contributed by atoms with E-state index in [1.165, 1.54) is 26.2 Å². The summed E-state index contributed by atoms with van der Waals surface area (Å²) in [5, 5.41) is 8.39. The smallest absolute Gasteiger partial charge is 0.328 e. The van der Waals surface area contributed by atoms with Gasteiger partial charge in [0.1, 0.15) is 12.1 Å². The quantitative estimate of drug-likeness (QED) is 0.181. The highest BCUT2D eigenvalue weighted by atomic mass is 19.1. The van der Waals surface area contributed by atoms with Crippen molar-refractivity contribution in [2.45, 2.75) is 115 Å². The van der Waals surface area contributed by atoms with Gasteiger partial charge in [-0.05, 0) is 36.8 Å². The van der Waals surface area contributed by atoms with Crippen molar-refractivity contribution in [1.82, 2.24) is 25.8 Å². The van der Waals surface area contributed by atoms with Gasteiger partial charge in [-0.2, -0.15) is 0 Å². The molecule has 2 aliphatic heterocycles. The molecule has 0 unspecified atom stereocenters. The van der Waals surface area contributed by atoms with E-state index in [4.69, 9.17) is 14.2 Å². The second-order valence-electron chi connectivity index (χ2n) is 15.0. The number of hydrogen-bond acceptors (Lipinski definition) is 9. The molecule has 298 valence electrons. The summed E-state index contributed by atoms with van der Waals surface area (Å²) in [5.41, 5.74) is -1.22. The van der Waals surface area contributed by atoms with E-state index in [2.05, 4.69) is 16.0 Å². The lowest BCUT2D eigenvalue weighted by Crippen LogP contribution is -2.59. The van der Waals surface area contributed by atoms with E-state index in [1.807, 2.05) is 44.2 Å². The van der Waals surface area contributed by atoms with Gasteiger partial charge in [0.15, 0.2) is 0 Å². The summed E-state index contributed by atoms with van der Waals surface area (Å²) in [6.45, 7) is 10.0. The lowest BCUT2D eigenvalue weighted by Gasteiger charge is -2.41. The minimum absolute atomic E-state index is 0.0319. The Kier molecular flexibility index (Phi) is 16.7. The third-order valence-corrected chi connectivity index (χ3v) is 11.1. The van der Waals surface area contributed by atoms with Gasteiger partial charge in [0, 0.05) is 47.2 Å². The van der Waals surface area contributed by atoms with Gasteiger partial charge in [-0.15, -0.1) is 0 Å². The van der Waals surface area contributed by atoms with Crippen LogP contribution in [0.1, 0.15) is 72.3 Å². The fourth-order valence-corrected chi connectivity index (χ4v) is 7.65. The fourth-order valence-electron chi connectivity index (χ4n) is 7.65. The minimum atomic E-state index is -2.08. The Bertz CT molecular complexity index is 1380. The molecule has 1 aromatic rings. The standard InChI is InChI=1S/C39H62FN5O8/c1-10-25(4)33(44(6)36(48)32(24(2)3)43-38(50)39(40)18-19-41-23-39)30(51-7)22-31(46)45-20-14-17-29(45)34(52-8)26(5)35(47)42-28(37(49)53-9)21-27-15-12-11-13-16-27/h11-13,15-16,24-26,28-30,32-34,41H,10,14,17-23H2,1-9H3,(H,42,47)(H,43,50)/t25-,26+,28-,29-,30+,32-,33-,34+,39-/m0/s1. The molecule has 0 aromatic heterocycles. The molecule has 0 aliphatic carbocycles. The van der Waals surface area contributed by atoms with Crippen LogP contribution in [-0.2, 0) is 44.6 Å². The van der Waals surface area contributed by atoms with E-state index in [1.54, 1.807) is 32.7 Å². The highest BCUT2D eigenvalue weighted by Crippen LogP contribution is 2.30. The second kappa shape index (κ2) is 20.2. The minimum Gasteiger partial charge on any atom is -0.467 e. The molecule has 53 heavy (non-hydrogen) atoms. The van der Waals surface area contributed by atoms with E-state index >= 15 is 4.39 Å². The van der Waals surface area contributed by atoms with E-state index in [-0.39, 0.29) is 43.6 Å². The molecule has 13 nitrogen and oxygen atoms in total. The van der Waals surface area contributed by atoms with Crippen LogP contribution in [-0.4, -0.2) is 129 Å². The highest BCUT2D eigenvalue weighted by Gasteiger charge is 2.46. The lowest BCUT2D eigenvalue weighted by atomic mass is 9.89. The first-order valence-electron chi connectivity index (χ1n) is 18.9. The van der Waals surface area contributed by atoms with Crippen LogP contribution in [0.4, 0.5) is 4.39 Å². The number of amides is 4. The molecule has 2 heterocycles. The summed E-state index contributed by atoms with van der Waals surface area (Å²) in [6, 6.07) is 6.47. The molecule has 9 atom stereocenters. The molecular formula is C39H62FN5O8. The summed E-state index contributed by atoms with van der Waals surface area (Å²) >= 11 is 0. The molecular weight excluding hydrogens is 685 g/mol. The van der Waals surface area contributed by atoms with E-state index in [0.717, 1.165) is 5.56 Å². The van der Waals surface area contributed by atoms with Crippen LogP contribution in [0.25, 0.3) is 0 Å². The van der Waals surface area contributed by atoms with Crippen molar-refractivity contribution in [1.29, 1.82) is 0 Å². The Morgan fingerprint density at radius 2 is 1.72 bits per heavy atom. The van der Waals surface area contributed by atoms with Gasteiger partial charge < -0.3 is 40.0 Å². The van der Waals surface area contributed by atoms with E-state index in [0.29, 0.717) is 32.4 Å². The number of nitrogens with one attached hydrogen (secondary N) is 3. The Balaban J connectivity index is 1.77. The topological polar surface area (TPSA) is 156 Å². The maximum Gasteiger partial charge on any atom is 0.328 e. The molecule has 2 saturated heterocycles. The summed E-state index contributed by atoms with van der Waals surface area (Å²) in [4.78, 5) is 70.7. The number of carbonyl (C=O) groups is 5. The summed E-state index contributed by atoms with van der Waals surface area (Å²) < 4.78 is 32.1. The number of alkyl halides is 1. The first-order chi connectivity index (χ1) is 25.1. The first kappa shape index (κ1) is 43.8. The van der Waals surface area contributed by atoms with Crippen molar-refractivity contribution in [3.05, 3.63) is 35.9 Å². The average Bonchev–Trinajstić information content (AvgIpc) is 3.83. The number of likely N-dealkylation sites (N-methyl/N-ethyl adjacent to an activating group) is 1. The summed E-state index contributed by atoms with van der Waals surface area (Å²) in [7, 11) is 5.93. The Hall–Kier alpha value is -3.62. The van der Waals surface area contributed by atoms with Crippen molar-refractivity contribution in [3.63, 3.8) is 0 Å². The van der Waals surface area contributed by atoms with Gasteiger partial charge in [-0.25, -0.2) is 9.18 Å². The van der Waals surface area contributed by atoms with Gasteiger partial charge in [0.2, 0.25) is 23.4 Å². The van der Waals surface area contributed by atoms with Crippen LogP contribution < -0.4 is 16.0 Å². The SMILES string of the molecule is CC[C@H](C)[C@@H]([C@@H](CC(=O)N1CCC[C@H]1[C@H](OC)[C@@H](C)C(=O)N[C@@H](Cc1ccccc1)C(=O)OC)OC)N(C)C(=O)[C@@H](NC(=O)[C@]1(F)CCNC1)C(C)C. The molecule has 0 saturated carbocycles. The third kappa shape index (κ3) is 11.0. The fraction of sp³-hybridized carbons (Fsp3) is 0.718. The molecule has 0 bridgehead atoms. The van der Waals surface area contributed by atoms with Crippen LogP contribution in [0.5, 0.6) is 0 Å². The van der Waals surface area contributed by atoms with Gasteiger partial charge >= 0.3 is 5.97 Å². The number of ether oxygens (including phenoxy) is 3. The number of methoxy groups -OCH3 is 3. The summed E-state index contributed by atoms with van der Waals surface area (Å²) in [6.07, 6.45) is 0.854. The van der Waals surface area contributed by atoms with Crippen LogP contribution in [0, 0.1) is 17.8 Å². The molecule has 2 fully saturated rings. The Morgan fingerprint density at radius 1 is 1.04 bits per heavy atom. The van der Waals surface area contributed by atoms with Gasteiger partial charge in [0.25, 0.3) is 5.91 Å². The molecule has 2 aliphatic rings. The lowest BCUT2D eigenvalue weighted by molar-refractivity contribution is -0.149. The number of benzene rings is 1. The summed E-state index contributed by atoms with van der Waals surface area (Å²) in [5.74, 6) is -3.52. The first-order valence-corrected chi connectivity index (χ1v) is 18.9. The number of nitrogens with zero attached hydrogens (tertiary/aromatic N) is 2. The molecule has 0 radical (unpaired) electrons. The van der Waals surface area contributed by atoms with Crippen molar-refractivity contribution in [3.8, 4) is 0 Å². The van der Waals surface area contributed by atoms with Crippen molar-refractivity contribution in [2.24, 2.45) is 17.8 Å². The number of carbonyl (C=O) groups excluding carboxylic acids is 5. The zero-order valence-electron chi connectivity index (χ0n) is 33.0. The average molecular weight is 748 g/mol. The van der Waals surface area contributed by atoms with Gasteiger partial charge in [-0.1, -0.05) is 71.4 Å². The molecule has 0 spiro atoms. The molecule has 3 rings (SSSR count). The normalized spacial score (nSPS) is 22.6. The molecule has 3 N–H and O–H groups in total.